The van der Waals surface area contributed by atoms with Gasteiger partial charge in [-0.25, -0.2) is 0 Å². The normalized spacial score (nSPS) is 21.9. The molecule has 3 heterocycles. The van der Waals surface area contributed by atoms with Crippen LogP contribution in [0.25, 0.3) is 0 Å². The highest BCUT2D eigenvalue weighted by atomic mass is 16.2. The number of carbonyl (C=O) groups is 3. The fraction of sp³-hybridized carbons (Fsp3) is 0.423. The number of likely N-dealkylation sites (tertiary alicyclic amines) is 1. The molecule has 0 radical (unpaired) electrons. The SMILES string of the molecule is NCc1ccc(C2CCN(Cc3ccc4c(c3)CN(C3CCC(=O)NC3=O)C4=O)CC2)cc1. The van der Waals surface area contributed by atoms with E-state index in [1.165, 1.54) is 16.7 Å². The molecule has 0 spiro atoms. The van der Waals surface area contributed by atoms with Gasteiger partial charge >= 0.3 is 0 Å². The van der Waals surface area contributed by atoms with E-state index >= 15 is 0 Å². The zero-order chi connectivity index (χ0) is 22.9. The summed E-state index contributed by atoms with van der Waals surface area (Å²) in [6.45, 7) is 3.95. The van der Waals surface area contributed by atoms with E-state index < -0.39 is 6.04 Å². The van der Waals surface area contributed by atoms with Gasteiger partial charge in [0.25, 0.3) is 5.91 Å². The molecule has 0 bridgehead atoms. The predicted molar refractivity (Wildman–Crippen MR) is 124 cm³/mol. The number of hydrogen-bond donors (Lipinski definition) is 2. The Morgan fingerprint density at radius 2 is 1.67 bits per heavy atom. The summed E-state index contributed by atoms with van der Waals surface area (Å²) in [4.78, 5) is 40.7. The van der Waals surface area contributed by atoms with Crippen LogP contribution in [-0.4, -0.2) is 46.7 Å². The highest BCUT2D eigenvalue weighted by molar-refractivity contribution is 6.05. The average Bonchev–Trinajstić information content (AvgIpc) is 3.15. The lowest BCUT2D eigenvalue weighted by Crippen LogP contribution is -2.52. The summed E-state index contributed by atoms with van der Waals surface area (Å²) in [7, 11) is 0. The van der Waals surface area contributed by atoms with Gasteiger partial charge in [-0.3, -0.25) is 24.6 Å². The number of carbonyl (C=O) groups excluding carboxylic acids is 3. The van der Waals surface area contributed by atoms with Gasteiger partial charge in [0.05, 0.1) is 0 Å². The summed E-state index contributed by atoms with van der Waals surface area (Å²) in [5.74, 6) is -0.160. The number of nitrogens with two attached hydrogens (primary N) is 1. The first-order chi connectivity index (χ1) is 16.0. The number of fused-ring (bicyclic) bond motifs is 1. The zero-order valence-electron chi connectivity index (χ0n) is 18.8. The second-order valence-electron chi connectivity index (χ2n) is 9.39. The lowest BCUT2D eigenvalue weighted by Gasteiger charge is -2.32. The van der Waals surface area contributed by atoms with Crippen LogP contribution >= 0.6 is 0 Å². The number of amides is 3. The third-order valence-electron chi connectivity index (χ3n) is 7.27. The third kappa shape index (κ3) is 4.43. The summed E-state index contributed by atoms with van der Waals surface area (Å²) < 4.78 is 0. The Morgan fingerprint density at radius 3 is 2.36 bits per heavy atom. The van der Waals surface area contributed by atoms with E-state index in [0.717, 1.165) is 38.0 Å². The second kappa shape index (κ2) is 9.08. The topological polar surface area (TPSA) is 95.7 Å². The number of nitrogens with zero attached hydrogens (tertiary/aromatic N) is 2. The Labute approximate surface area is 193 Å². The van der Waals surface area contributed by atoms with Crippen molar-refractivity contribution in [3.05, 3.63) is 70.3 Å². The molecule has 172 valence electrons. The Balaban J connectivity index is 1.19. The Kier molecular flexibility index (Phi) is 6.00. The first-order valence-electron chi connectivity index (χ1n) is 11.8. The summed E-state index contributed by atoms with van der Waals surface area (Å²) in [6, 6.07) is 14.2. The highest BCUT2D eigenvalue weighted by Gasteiger charge is 2.39. The van der Waals surface area contributed by atoms with E-state index in [1.807, 2.05) is 12.1 Å². The highest BCUT2D eigenvalue weighted by Crippen LogP contribution is 2.31. The maximum Gasteiger partial charge on any atom is 0.255 e. The Hall–Kier alpha value is -3.03. The monoisotopic (exact) mass is 446 g/mol. The number of hydrogen-bond acceptors (Lipinski definition) is 5. The predicted octanol–water partition coefficient (Wildman–Crippen LogP) is 2.29. The third-order valence-corrected chi connectivity index (χ3v) is 7.27. The fourth-order valence-electron chi connectivity index (χ4n) is 5.33. The first-order valence-corrected chi connectivity index (χ1v) is 11.8. The lowest BCUT2D eigenvalue weighted by molar-refractivity contribution is -0.136. The van der Waals surface area contributed by atoms with Crippen LogP contribution in [0.2, 0.25) is 0 Å². The quantitative estimate of drug-likeness (QED) is 0.687. The van der Waals surface area contributed by atoms with Gasteiger partial charge in [0.2, 0.25) is 11.8 Å². The van der Waals surface area contributed by atoms with Gasteiger partial charge in [-0.05, 0) is 66.6 Å². The first kappa shape index (κ1) is 21.8. The van der Waals surface area contributed by atoms with Crippen LogP contribution in [0.1, 0.15) is 64.2 Å². The fourth-order valence-corrected chi connectivity index (χ4v) is 5.33. The van der Waals surface area contributed by atoms with Crippen molar-refractivity contribution in [2.45, 2.75) is 57.3 Å². The maximum atomic E-state index is 12.9. The lowest BCUT2D eigenvalue weighted by atomic mass is 9.89. The van der Waals surface area contributed by atoms with Crippen molar-refractivity contribution in [1.29, 1.82) is 0 Å². The molecule has 0 aliphatic carbocycles. The van der Waals surface area contributed by atoms with E-state index in [0.29, 0.717) is 31.0 Å². The molecular formula is C26H30N4O3. The molecule has 1 unspecified atom stereocenters. The van der Waals surface area contributed by atoms with Gasteiger partial charge in [-0.15, -0.1) is 0 Å². The Morgan fingerprint density at radius 1 is 0.939 bits per heavy atom. The van der Waals surface area contributed by atoms with Crippen LogP contribution in [0.15, 0.2) is 42.5 Å². The van der Waals surface area contributed by atoms with E-state index in [2.05, 4.69) is 40.5 Å². The zero-order valence-corrected chi connectivity index (χ0v) is 18.8. The van der Waals surface area contributed by atoms with Gasteiger partial charge in [-0.1, -0.05) is 36.4 Å². The molecule has 2 saturated heterocycles. The van der Waals surface area contributed by atoms with Crippen molar-refractivity contribution in [1.82, 2.24) is 15.1 Å². The second-order valence-corrected chi connectivity index (χ2v) is 9.39. The van der Waals surface area contributed by atoms with Crippen LogP contribution in [-0.2, 0) is 29.2 Å². The molecule has 33 heavy (non-hydrogen) atoms. The molecule has 7 nitrogen and oxygen atoms in total. The van der Waals surface area contributed by atoms with Crippen molar-refractivity contribution in [3.8, 4) is 0 Å². The van der Waals surface area contributed by atoms with Crippen LogP contribution in [0.5, 0.6) is 0 Å². The number of rotatable bonds is 5. The molecule has 3 aliphatic rings. The molecule has 3 aliphatic heterocycles. The van der Waals surface area contributed by atoms with Gasteiger partial charge in [0.1, 0.15) is 6.04 Å². The summed E-state index contributed by atoms with van der Waals surface area (Å²) in [5, 5.41) is 2.36. The molecule has 2 fully saturated rings. The molecule has 3 amide bonds. The molecule has 2 aromatic rings. The minimum Gasteiger partial charge on any atom is -0.326 e. The van der Waals surface area contributed by atoms with Crippen molar-refractivity contribution in [2.24, 2.45) is 5.73 Å². The standard InChI is InChI=1S/C26H30N4O3/c27-14-17-1-4-19(5-2-17)20-9-11-29(12-10-20)15-18-3-6-22-21(13-18)16-30(26(22)33)23-7-8-24(31)28-25(23)32/h1-6,13,20,23H,7-12,14-16,27H2,(H,28,31,32). The van der Waals surface area contributed by atoms with Gasteiger partial charge in [-0.2, -0.15) is 0 Å². The van der Waals surface area contributed by atoms with Crippen LogP contribution in [0.4, 0.5) is 0 Å². The van der Waals surface area contributed by atoms with Gasteiger partial charge < -0.3 is 10.6 Å². The van der Waals surface area contributed by atoms with Crippen LogP contribution in [0, 0.1) is 0 Å². The number of nitrogens with one attached hydrogen (secondary N) is 1. The smallest absolute Gasteiger partial charge is 0.255 e. The van der Waals surface area contributed by atoms with E-state index in [1.54, 1.807) is 4.90 Å². The van der Waals surface area contributed by atoms with E-state index in [4.69, 9.17) is 5.73 Å². The van der Waals surface area contributed by atoms with Crippen molar-refractivity contribution < 1.29 is 14.4 Å². The van der Waals surface area contributed by atoms with Crippen LogP contribution < -0.4 is 11.1 Å². The molecule has 5 rings (SSSR count). The minimum atomic E-state index is -0.566. The number of imide groups is 1. The van der Waals surface area contributed by atoms with Crippen molar-refractivity contribution in [2.75, 3.05) is 13.1 Å². The molecule has 0 saturated carbocycles. The largest absolute Gasteiger partial charge is 0.326 e. The molecule has 7 heteroatoms. The van der Waals surface area contributed by atoms with Gasteiger partial charge in [0, 0.05) is 31.6 Å². The molecule has 2 aromatic carbocycles. The van der Waals surface area contributed by atoms with E-state index in [9.17, 15) is 14.4 Å². The Bertz CT molecular complexity index is 1070. The minimum absolute atomic E-state index is 0.118. The molecule has 0 aromatic heterocycles. The van der Waals surface area contributed by atoms with Gasteiger partial charge in [0.15, 0.2) is 0 Å². The molecule has 3 N–H and O–H groups in total. The molecular weight excluding hydrogens is 416 g/mol. The van der Waals surface area contributed by atoms with Crippen LogP contribution in [0.3, 0.4) is 0 Å². The number of benzene rings is 2. The summed E-state index contributed by atoms with van der Waals surface area (Å²) in [6.07, 6.45) is 2.93. The summed E-state index contributed by atoms with van der Waals surface area (Å²) in [5.41, 5.74) is 11.1. The number of piperidine rings is 2. The molecule has 1 atom stereocenters. The van der Waals surface area contributed by atoms with Crippen molar-refractivity contribution in [3.63, 3.8) is 0 Å². The van der Waals surface area contributed by atoms with Crippen molar-refractivity contribution >= 4 is 17.7 Å². The maximum absolute atomic E-state index is 12.9. The average molecular weight is 447 g/mol. The summed E-state index contributed by atoms with van der Waals surface area (Å²) >= 11 is 0. The van der Waals surface area contributed by atoms with E-state index in [-0.39, 0.29) is 24.1 Å².